The molecule has 8 heteroatoms. The second-order valence-corrected chi connectivity index (χ2v) is 4.88. The second-order valence-electron chi connectivity index (χ2n) is 4.04. The third-order valence-corrected chi connectivity index (χ3v) is 3.28. The number of nitriles is 2. The summed E-state index contributed by atoms with van der Waals surface area (Å²) in [5, 5.41) is 20.4. The summed E-state index contributed by atoms with van der Waals surface area (Å²) in [6, 6.07) is 6.68. The van der Waals surface area contributed by atoms with Crippen LogP contribution >= 0.6 is 23.2 Å². The first-order valence-electron chi connectivity index (χ1n) is 5.63. The van der Waals surface area contributed by atoms with Crippen LogP contribution in [-0.4, -0.2) is 0 Å². The van der Waals surface area contributed by atoms with Crippen molar-refractivity contribution in [3.63, 3.8) is 0 Å². The van der Waals surface area contributed by atoms with Gasteiger partial charge in [-0.05, 0) is 18.2 Å². The Morgan fingerprint density at radius 3 is 2.05 bits per heavy atom. The molecule has 0 aliphatic heterocycles. The van der Waals surface area contributed by atoms with E-state index in [1.165, 1.54) is 30.3 Å². The van der Waals surface area contributed by atoms with E-state index in [-0.39, 0.29) is 10.7 Å². The van der Waals surface area contributed by atoms with Crippen LogP contribution in [0.4, 0.5) is 24.5 Å². The van der Waals surface area contributed by atoms with Crippen LogP contribution in [0.5, 0.6) is 0 Å². The molecule has 0 aromatic heterocycles. The maximum atomic E-state index is 14.1. The molecule has 0 spiro atoms. The van der Waals surface area contributed by atoms with Crippen molar-refractivity contribution in [3.05, 3.63) is 56.8 Å². The lowest BCUT2D eigenvalue weighted by Gasteiger charge is -2.13. The largest absolute Gasteiger partial charge is 0.351 e. The van der Waals surface area contributed by atoms with Crippen LogP contribution in [-0.2, 0) is 0 Å². The molecule has 0 saturated heterocycles. The van der Waals surface area contributed by atoms with Gasteiger partial charge in [-0.3, -0.25) is 0 Å². The number of hydrogen-bond donors (Lipinski definition) is 1. The highest BCUT2D eigenvalue weighted by Gasteiger charge is 2.25. The van der Waals surface area contributed by atoms with Gasteiger partial charge in [0, 0.05) is 5.02 Å². The predicted molar refractivity (Wildman–Crippen MR) is 75.5 cm³/mol. The molecule has 2 aromatic carbocycles. The molecule has 2 aromatic rings. The molecular weight excluding hydrogens is 338 g/mol. The van der Waals surface area contributed by atoms with Gasteiger partial charge >= 0.3 is 0 Å². The molecule has 22 heavy (non-hydrogen) atoms. The molecule has 3 nitrogen and oxygen atoms in total. The van der Waals surface area contributed by atoms with Gasteiger partial charge in [0.2, 0.25) is 0 Å². The lowest BCUT2D eigenvalue weighted by atomic mass is 10.1. The monoisotopic (exact) mass is 341 g/mol. The van der Waals surface area contributed by atoms with E-state index in [0.717, 1.165) is 0 Å². The molecule has 110 valence electrons. The smallest absolute Gasteiger partial charge is 0.181 e. The van der Waals surface area contributed by atoms with Crippen molar-refractivity contribution in [3.8, 4) is 12.1 Å². The molecule has 0 heterocycles. The van der Waals surface area contributed by atoms with E-state index in [9.17, 15) is 13.2 Å². The Hall–Kier alpha value is -2.41. The van der Waals surface area contributed by atoms with Gasteiger partial charge in [-0.1, -0.05) is 23.2 Å². The molecule has 1 N–H and O–H groups in total. The van der Waals surface area contributed by atoms with Gasteiger partial charge in [0.25, 0.3) is 0 Å². The van der Waals surface area contributed by atoms with Gasteiger partial charge in [0.05, 0.1) is 16.4 Å². The first kappa shape index (κ1) is 16.0. The summed E-state index contributed by atoms with van der Waals surface area (Å²) in [5.74, 6) is -4.72. The summed E-state index contributed by atoms with van der Waals surface area (Å²) in [6.45, 7) is 0. The Kier molecular flexibility index (Phi) is 4.46. The fourth-order valence-corrected chi connectivity index (χ4v) is 2.16. The molecule has 0 saturated carbocycles. The zero-order valence-electron chi connectivity index (χ0n) is 10.5. The molecule has 0 atom stereocenters. The van der Waals surface area contributed by atoms with E-state index in [0.29, 0.717) is 5.02 Å². The molecule has 0 amide bonds. The number of nitrogens with one attached hydrogen (secondary N) is 1. The van der Waals surface area contributed by atoms with Crippen LogP contribution < -0.4 is 5.32 Å². The minimum absolute atomic E-state index is 0.0685. The Bertz CT molecular complexity index is 854. The summed E-state index contributed by atoms with van der Waals surface area (Å²) >= 11 is 11.6. The van der Waals surface area contributed by atoms with Crippen molar-refractivity contribution in [1.29, 1.82) is 10.5 Å². The van der Waals surface area contributed by atoms with E-state index in [2.05, 4.69) is 5.32 Å². The Morgan fingerprint density at radius 1 is 0.909 bits per heavy atom. The van der Waals surface area contributed by atoms with Gasteiger partial charge in [-0.2, -0.15) is 10.5 Å². The Labute approximate surface area is 133 Å². The lowest BCUT2D eigenvalue weighted by Crippen LogP contribution is -2.06. The Morgan fingerprint density at radius 2 is 1.50 bits per heavy atom. The molecule has 0 aliphatic carbocycles. The van der Waals surface area contributed by atoms with Gasteiger partial charge in [0.15, 0.2) is 17.5 Å². The minimum atomic E-state index is -1.72. The summed E-state index contributed by atoms with van der Waals surface area (Å²) < 4.78 is 41.4. The first-order chi connectivity index (χ1) is 10.4. The summed E-state index contributed by atoms with van der Waals surface area (Å²) in [4.78, 5) is 0. The zero-order valence-corrected chi connectivity index (χ0v) is 12.0. The Balaban J connectivity index is 2.68. The predicted octanol–water partition coefficient (Wildman–Crippen LogP) is 4.90. The molecular formula is C14H4Cl2F3N3. The number of rotatable bonds is 2. The molecule has 0 aliphatic rings. The number of anilines is 2. The van der Waals surface area contributed by atoms with Gasteiger partial charge < -0.3 is 5.32 Å². The van der Waals surface area contributed by atoms with E-state index in [4.69, 9.17) is 33.7 Å². The van der Waals surface area contributed by atoms with E-state index >= 15 is 0 Å². The maximum absolute atomic E-state index is 14.1. The van der Waals surface area contributed by atoms with Crippen LogP contribution in [0.25, 0.3) is 0 Å². The third-order valence-electron chi connectivity index (χ3n) is 2.74. The quantitative estimate of drug-likeness (QED) is 0.790. The van der Waals surface area contributed by atoms with Crippen LogP contribution in [0.1, 0.15) is 11.1 Å². The number of nitrogens with zero attached hydrogens (tertiary/aromatic N) is 2. The summed E-state index contributed by atoms with van der Waals surface area (Å²) in [6.07, 6.45) is 0. The standard InChI is InChI=1S/C14H4Cl2F3N3/c15-6-1-2-10(9(16)3-6)22-14-8(5-21)12(18)11(17)7(4-20)13(14)19/h1-3,22H. The van der Waals surface area contributed by atoms with Crippen LogP contribution in [0.3, 0.4) is 0 Å². The van der Waals surface area contributed by atoms with Gasteiger partial charge in [-0.25, -0.2) is 13.2 Å². The molecule has 0 fully saturated rings. The van der Waals surface area contributed by atoms with Crippen LogP contribution in [0, 0.1) is 40.1 Å². The van der Waals surface area contributed by atoms with Crippen molar-refractivity contribution in [1.82, 2.24) is 0 Å². The highest BCUT2D eigenvalue weighted by atomic mass is 35.5. The minimum Gasteiger partial charge on any atom is -0.351 e. The van der Waals surface area contributed by atoms with Crippen molar-refractivity contribution >= 4 is 34.6 Å². The normalized spacial score (nSPS) is 9.95. The average molecular weight is 342 g/mol. The number of halogens is 5. The van der Waals surface area contributed by atoms with Gasteiger partial charge in [-0.15, -0.1) is 0 Å². The van der Waals surface area contributed by atoms with E-state index < -0.39 is 34.3 Å². The van der Waals surface area contributed by atoms with Crippen LogP contribution in [0.2, 0.25) is 10.0 Å². The lowest BCUT2D eigenvalue weighted by molar-refractivity contribution is 0.490. The van der Waals surface area contributed by atoms with E-state index in [1.54, 1.807) is 0 Å². The maximum Gasteiger partial charge on any atom is 0.181 e. The molecule has 0 unspecified atom stereocenters. The third kappa shape index (κ3) is 2.67. The fraction of sp³-hybridized carbons (Fsp3) is 0. The van der Waals surface area contributed by atoms with Crippen molar-refractivity contribution in [2.45, 2.75) is 0 Å². The average Bonchev–Trinajstić information content (AvgIpc) is 2.48. The summed E-state index contributed by atoms with van der Waals surface area (Å²) in [7, 11) is 0. The zero-order chi connectivity index (χ0) is 16.4. The van der Waals surface area contributed by atoms with Crippen molar-refractivity contribution < 1.29 is 13.2 Å². The van der Waals surface area contributed by atoms with Gasteiger partial charge in [0.1, 0.15) is 23.3 Å². The SMILES string of the molecule is N#Cc1c(F)c(F)c(C#N)c(Nc2ccc(Cl)cc2Cl)c1F. The van der Waals surface area contributed by atoms with Crippen molar-refractivity contribution in [2.24, 2.45) is 0 Å². The van der Waals surface area contributed by atoms with E-state index in [1.807, 2.05) is 0 Å². The number of hydrogen-bond acceptors (Lipinski definition) is 3. The molecule has 0 bridgehead atoms. The second kappa shape index (κ2) is 6.15. The molecule has 2 rings (SSSR count). The summed E-state index contributed by atoms with van der Waals surface area (Å²) in [5.41, 5.74) is -2.61. The number of benzene rings is 2. The fourth-order valence-electron chi connectivity index (χ4n) is 1.71. The molecule has 0 radical (unpaired) electrons. The van der Waals surface area contributed by atoms with Crippen molar-refractivity contribution in [2.75, 3.05) is 5.32 Å². The highest BCUT2D eigenvalue weighted by molar-refractivity contribution is 6.36. The topological polar surface area (TPSA) is 59.6 Å². The highest BCUT2D eigenvalue weighted by Crippen LogP contribution is 2.34. The van der Waals surface area contributed by atoms with Crippen LogP contribution in [0.15, 0.2) is 18.2 Å². The first-order valence-corrected chi connectivity index (χ1v) is 6.39.